The van der Waals surface area contributed by atoms with Crippen molar-refractivity contribution in [3.8, 4) is 5.75 Å². The molecule has 0 spiro atoms. The minimum atomic E-state index is 0.540. The molecule has 0 saturated heterocycles. The molecule has 0 unspecified atom stereocenters. The summed E-state index contributed by atoms with van der Waals surface area (Å²) in [7, 11) is 1.68. The van der Waals surface area contributed by atoms with E-state index in [0.717, 1.165) is 16.2 Å². The van der Waals surface area contributed by atoms with Gasteiger partial charge in [0.05, 0.1) is 7.11 Å². The molecule has 0 aromatic heterocycles. The monoisotopic (exact) mass is 259 g/mol. The number of aryl methyl sites for hydroxylation is 1. The van der Waals surface area contributed by atoms with Crippen LogP contribution in [0.25, 0.3) is 0 Å². The van der Waals surface area contributed by atoms with E-state index in [1.165, 1.54) is 10.5 Å². The molecule has 0 fully saturated rings. The first-order valence-electron chi connectivity index (χ1n) is 5.84. The Hall–Kier alpha value is -1.45. The molecule has 2 N–H and O–H groups in total. The summed E-state index contributed by atoms with van der Waals surface area (Å²) in [6, 6.07) is 14.5. The largest absolute Gasteiger partial charge is 0.497 e. The Morgan fingerprint density at radius 3 is 2.44 bits per heavy atom. The van der Waals surface area contributed by atoms with Gasteiger partial charge in [0.1, 0.15) is 5.75 Å². The van der Waals surface area contributed by atoms with E-state index < -0.39 is 0 Å². The number of benzene rings is 2. The van der Waals surface area contributed by atoms with Crippen molar-refractivity contribution in [3.63, 3.8) is 0 Å². The number of hydrogen-bond acceptors (Lipinski definition) is 3. The van der Waals surface area contributed by atoms with E-state index >= 15 is 0 Å². The zero-order valence-corrected chi connectivity index (χ0v) is 11.5. The highest BCUT2D eigenvalue weighted by atomic mass is 32.2. The Morgan fingerprint density at radius 2 is 1.83 bits per heavy atom. The topological polar surface area (TPSA) is 35.2 Å². The number of nitrogens with two attached hydrogens (primary N) is 1. The van der Waals surface area contributed by atoms with Gasteiger partial charge in [-0.25, -0.2) is 0 Å². The van der Waals surface area contributed by atoms with E-state index in [0.29, 0.717) is 6.54 Å². The maximum atomic E-state index is 5.77. The highest BCUT2D eigenvalue weighted by Gasteiger charge is 2.05. The predicted octanol–water partition coefficient (Wildman–Crippen LogP) is 3.61. The van der Waals surface area contributed by atoms with E-state index in [1.54, 1.807) is 18.9 Å². The third kappa shape index (κ3) is 3.06. The molecular weight excluding hydrogens is 242 g/mol. The molecule has 2 aromatic carbocycles. The minimum Gasteiger partial charge on any atom is -0.497 e. The third-order valence-corrected chi connectivity index (χ3v) is 3.85. The molecule has 0 radical (unpaired) electrons. The van der Waals surface area contributed by atoms with E-state index in [1.807, 2.05) is 18.2 Å². The lowest BCUT2D eigenvalue weighted by atomic mass is 10.2. The van der Waals surface area contributed by atoms with Gasteiger partial charge in [-0.2, -0.15) is 0 Å². The molecule has 3 heteroatoms. The van der Waals surface area contributed by atoms with Gasteiger partial charge in [0.2, 0.25) is 0 Å². The van der Waals surface area contributed by atoms with Crippen molar-refractivity contribution in [2.75, 3.05) is 7.11 Å². The molecule has 0 heterocycles. The summed E-state index contributed by atoms with van der Waals surface area (Å²) >= 11 is 1.72. The average Bonchev–Trinajstić information content (AvgIpc) is 2.41. The van der Waals surface area contributed by atoms with Gasteiger partial charge in [0.25, 0.3) is 0 Å². The van der Waals surface area contributed by atoms with Gasteiger partial charge in [-0.15, -0.1) is 0 Å². The SMILES string of the molecule is COc1ccc(CN)c(Sc2ccc(C)cc2)c1. The maximum Gasteiger partial charge on any atom is 0.120 e. The van der Waals surface area contributed by atoms with Crippen LogP contribution in [-0.2, 0) is 6.54 Å². The Balaban J connectivity index is 2.29. The lowest BCUT2D eigenvalue weighted by molar-refractivity contribution is 0.413. The molecule has 0 saturated carbocycles. The van der Waals surface area contributed by atoms with Gasteiger partial charge in [-0.05, 0) is 36.8 Å². The van der Waals surface area contributed by atoms with Crippen LogP contribution in [-0.4, -0.2) is 7.11 Å². The fourth-order valence-electron chi connectivity index (χ4n) is 1.66. The molecule has 18 heavy (non-hydrogen) atoms. The molecular formula is C15H17NOS. The van der Waals surface area contributed by atoms with Crippen LogP contribution in [0.3, 0.4) is 0 Å². The molecule has 0 atom stereocenters. The van der Waals surface area contributed by atoms with E-state index in [-0.39, 0.29) is 0 Å². The first kappa shape index (κ1) is 13.0. The number of methoxy groups -OCH3 is 1. The third-order valence-electron chi connectivity index (χ3n) is 2.74. The fourth-order valence-corrected chi connectivity index (χ4v) is 2.64. The summed E-state index contributed by atoms with van der Waals surface area (Å²) in [5, 5.41) is 0. The molecule has 0 aliphatic carbocycles. The number of rotatable bonds is 4. The van der Waals surface area contributed by atoms with Crippen LogP contribution in [0.2, 0.25) is 0 Å². The zero-order valence-electron chi connectivity index (χ0n) is 10.6. The second kappa shape index (κ2) is 5.94. The Labute approximate surface area is 112 Å². The molecule has 2 aromatic rings. The Morgan fingerprint density at radius 1 is 1.11 bits per heavy atom. The van der Waals surface area contributed by atoms with Gasteiger partial charge in [0.15, 0.2) is 0 Å². The lowest BCUT2D eigenvalue weighted by Gasteiger charge is -2.09. The quantitative estimate of drug-likeness (QED) is 0.911. The van der Waals surface area contributed by atoms with E-state index in [2.05, 4.69) is 31.2 Å². The lowest BCUT2D eigenvalue weighted by Crippen LogP contribution is -1.98. The second-order valence-electron chi connectivity index (χ2n) is 4.09. The molecule has 0 amide bonds. The zero-order chi connectivity index (χ0) is 13.0. The van der Waals surface area contributed by atoms with Crippen molar-refractivity contribution in [2.24, 2.45) is 5.73 Å². The summed E-state index contributed by atoms with van der Waals surface area (Å²) in [6.45, 7) is 2.63. The number of ether oxygens (including phenoxy) is 1. The average molecular weight is 259 g/mol. The summed E-state index contributed by atoms with van der Waals surface area (Å²) in [6.07, 6.45) is 0. The maximum absolute atomic E-state index is 5.77. The van der Waals surface area contributed by atoms with Crippen molar-refractivity contribution in [3.05, 3.63) is 53.6 Å². The normalized spacial score (nSPS) is 10.4. The van der Waals surface area contributed by atoms with Crippen LogP contribution in [0.1, 0.15) is 11.1 Å². The minimum absolute atomic E-state index is 0.540. The molecule has 0 bridgehead atoms. The van der Waals surface area contributed by atoms with E-state index in [9.17, 15) is 0 Å². The van der Waals surface area contributed by atoms with Crippen LogP contribution < -0.4 is 10.5 Å². The summed E-state index contributed by atoms with van der Waals surface area (Å²) < 4.78 is 5.26. The Kier molecular flexibility index (Phi) is 4.28. The van der Waals surface area contributed by atoms with E-state index in [4.69, 9.17) is 10.5 Å². The predicted molar refractivity (Wildman–Crippen MR) is 76.2 cm³/mol. The summed E-state index contributed by atoms with van der Waals surface area (Å²) in [4.78, 5) is 2.37. The van der Waals surface area contributed by atoms with Gasteiger partial charge in [-0.3, -0.25) is 0 Å². The van der Waals surface area contributed by atoms with Crippen LogP contribution >= 0.6 is 11.8 Å². The van der Waals surface area contributed by atoms with Gasteiger partial charge < -0.3 is 10.5 Å². The standard InChI is InChI=1S/C15H17NOS/c1-11-3-7-14(8-4-11)18-15-9-13(17-2)6-5-12(15)10-16/h3-9H,10,16H2,1-2H3. The molecule has 2 nitrogen and oxygen atoms in total. The Bertz CT molecular complexity index is 523. The van der Waals surface area contributed by atoms with Crippen molar-refractivity contribution in [2.45, 2.75) is 23.3 Å². The van der Waals surface area contributed by atoms with Crippen molar-refractivity contribution in [1.82, 2.24) is 0 Å². The van der Waals surface area contributed by atoms with Gasteiger partial charge >= 0.3 is 0 Å². The smallest absolute Gasteiger partial charge is 0.120 e. The van der Waals surface area contributed by atoms with Crippen LogP contribution in [0, 0.1) is 6.92 Å². The summed E-state index contributed by atoms with van der Waals surface area (Å²) in [5.74, 6) is 0.863. The van der Waals surface area contributed by atoms with Crippen LogP contribution in [0.4, 0.5) is 0 Å². The first-order chi connectivity index (χ1) is 8.72. The van der Waals surface area contributed by atoms with Gasteiger partial charge in [0, 0.05) is 16.3 Å². The molecule has 94 valence electrons. The van der Waals surface area contributed by atoms with Gasteiger partial charge in [-0.1, -0.05) is 35.5 Å². The highest BCUT2D eigenvalue weighted by Crippen LogP contribution is 2.33. The van der Waals surface area contributed by atoms with Crippen molar-refractivity contribution in [1.29, 1.82) is 0 Å². The highest BCUT2D eigenvalue weighted by molar-refractivity contribution is 7.99. The van der Waals surface area contributed by atoms with Crippen LogP contribution in [0.15, 0.2) is 52.3 Å². The number of hydrogen-bond donors (Lipinski definition) is 1. The molecule has 2 rings (SSSR count). The molecule has 0 aliphatic rings. The van der Waals surface area contributed by atoms with Crippen molar-refractivity contribution < 1.29 is 4.74 Å². The second-order valence-corrected chi connectivity index (χ2v) is 5.21. The molecule has 0 aliphatic heterocycles. The summed E-state index contributed by atoms with van der Waals surface area (Å²) in [5.41, 5.74) is 8.17. The fraction of sp³-hybridized carbons (Fsp3) is 0.200. The van der Waals surface area contributed by atoms with Crippen molar-refractivity contribution >= 4 is 11.8 Å². The van der Waals surface area contributed by atoms with Crippen LogP contribution in [0.5, 0.6) is 5.75 Å². The first-order valence-corrected chi connectivity index (χ1v) is 6.66.